The second kappa shape index (κ2) is 14.2. The Hall–Kier alpha value is -5.67. The summed E-state index contributed by atoms with van der Waals surface area (Å²) in [7, 11) is 1.44. The Morgan fingerprint density at radius 1 is 0.927 bits per heavy atom. The lowest BCUT2D eigenvalue weighted by atomic mass is 9.83. The maximum Gasteiger partial charge on any atom is 0.416 e. The highest BCUT2D eigenvalue weighted by atomic mass is 19.4. The summed E-state index contributed by atoms with van der Waals surface area (Å²) in [6.07, 6.45) is -3.17. The highest BCUT2D eigenvalue weighted by Crippen LogP contribution is 2.67. The van der Waals surface area contributed by atoms with E-state index in [1.54, 1.807) is 28.9 Å². The maximum absolute atomic E-state index is 13.9. The second-order valence-electron chi connectivity index (χ2n) is 13.8. The van der Waals surface area contributed by atoms with Crippen molar-refractivity contribution in [2.75, 3.05) is 23.5 Å². The summed E-state index contributed by atoms with van der Waals surface area (Å²) in [6, 6.07) is 13.3. The largest absolute Gasteiger partial charge is 0.481 e. The lowest BCUT2D eigenvalue weighted by Gasteiger charge is -2.42. The molecule has 288 valence electrons. The molecule has 4 aromatic rings. The number of alkyl halides is 6. The number of halogens is 6. The molecule has 0 radical (unpaired) electrons. The van der Waals surface area contributed by atoms with E-state index in [1.807, 2.05) is 30.3 Å². The van der Waals surface area contributed by atoms with Gasteiger partial charge in [0.1, 0.15) is 6.61 Å². The number of carbonyl (C=O) groups is 2. The van der Waals surface area contributed by atoms with Crippen molar-refractivity contribution in [1.82, 2.24) is 15.0 Å². The number of ether oxygens (including phenoxy) is 3. The molecular formula is C39H35F6N5O5. The van der Waals surface area contributed by atoms with Crippen molar-refractivity contribution in [3.05, 3.63) is 113 Å². The van der Waals surface area contributed by atoms with Crippen molar-refractivity contribution in [1.29, 1.82) is 0 Å². The first-order valence-corrected chi connectivity index (χ1v) is 17.4. The lowest BCUT2D eigenvalue weighted by Crippen LogP contribution is -2.51. The van der Waals surface area contributed by atoms with Crippen LogP contribution in [0.5, 0.6) is 5.88 Å². The first-order chi connectivity index (χ1) is 26.2. The Morgan fingerprint density at radius 3 is 2.20 bits per heavy atom. The molecule has 2 aliphatic carbocycles. The summed E-state index contributed by atoms with van der Waals surface area (Å²) in [6.45, 7) is 1.47. The molecule has 16 heteroatoms. The zero-order valence-electron chi connectivity index (χ0n) is 29.7. The molecule has 7 rings (SSSR count). The van der Waals surface area contributed by atoms with Crippen LogP contribution in [0.1, 0.15) is 66.1 Å². The Bertz CT molecular complexity index is 2070. The second-order valence-corrected chi connectivity index (χ2v) is 13.8. The Kier molecular flexibility index (Phi) is 9.71. The number of benzene rings is 2. The zero-order chi connectivity index (χ0) is 39.2. The van der Waals surface area contributed by atoms with Crippen LogP contribution in [0.3, 0.4) is 0 Å². The number of carbonyl (C=O) groups excluding carboxylic acids is 2. The first-order valence-electron chi connectivity index (χ1n) is 17.4. The monoisotopic (exact) mass is 767 g/mol. The van der Waals surface area contributed by atoms with Crippen LogP contribution in [0.15, 0.2) is 79.1 Å². The van der Waals surface area contributed by atoms with Gasteiger partial charge in [0.05, 0.1) is 41.8 Å². The summed E-state index contributed by atoms with van der Waals surface area (Å²) in [5, 5.41) is 0. The normalized spacial score (nSPS) is 19.6. The number of anilines is 2. The third-order valence-electron chi connectivity index (χ3n) is 10.1. The van der Waals surface area contributed by atoms with E-state index in [-0.39, 0.29) is 36.7 Å². The molecule has 0 N–H and O–H groups in total. The minimum atomic E-state index is -5.05. The van der Waals surface area contributed by atoms with Gasteiger partial charge in [-0.05, 0) is 74.1 Å². The van der Waals surface area contributed by atoms with Crippen molar-refractivity contribution in [2.45, 2.75) is 75.1 Å². The van der Waals surface area contributed by atoms with E-state index in [2.05, 4.69) is 9.97 Å². The van der Waals surface area contributed by atoms with E-state index >= 15 is 0 Å². The molecule has 2 saturated carbocycles. The summed E-state index contributed by atoms with van der Waals surface area (Å²) in [4.78, 5) is 42.6. The molecule has 3 heterocycles. The molecule has 55 heavy (non-hydrogen) atoms. The topological polar surface area (TPSA) is 107 Å². The highest BCUT2D eigenvalue weighted by Gasteiger charge is 2.70. The minimum absolute atomic E-state index is 0.0266. The van der Waals surface area contributed by atoms with Gasteiger partial charge in [-0.3, -0.25) is 4.90 Å². The van der Waals surface area contributed by atoms with E-state index in [1.165, 1.54) is 31.7 Å². The van der Waals surface area contributed by atoms with Crippen LogP contribution in [0.2, 0.25) is 0 Å². The number of hydrogen-bond acceptors (Lipinski definition) is 9. The Morgan fingerprint density at radius 2 is 1.60 bits per heavy atom. The molecule has 3 aliphatic rings. The molecule has 10 nitrogen and oxygen atoms in total. The van der Waals surface area contributed by atoms with Gasteiger partial charge in [0.15, 0.2) is 0 Å². The van der Waals surface area contributed by atoms with Gasteiger partial charge in [0, 0.05) is 48.1 Å². The van der Waals surface area contributed by atoms with Crippen LogP contribution in [-0.4, -0.2) is 52.3 Å². The summed E-state index contributed by atoms with van der Waals surface area (Å²) in [5.74, 6) is -0.337. The summed E-state index contributed by atoms with van der Waals surface area (Å²) in [5.41, 5.74) is -2.41. The average Bonchev–Trinajstić information content (AvgIpc) is 4.09. The van der Waals surface area contributed by atoms with E-state index in [9.17, 15) is 35.9 Å². The van der Waals surface area contributed by atoms with Crippen molar-refractivity contribution in [2.24, 2.45) is 0 Å². The van der Waals surface area contributed by atoms with Gasteiger partial charge < -0.3 is 19.1 Å². The fourth-order valence-electron chi connectivity index (χ4n) is 7.40. The van der Waals surface area contributed by atoms with Crippen molar-refractivity contribution < 1.29 is 50.1 Å². The van der Waals surface area contributed by atoms with Crippen LogP contribution >= 0.6 is 0 Å². The van der Waals surface area contributed by atoms with Crippen LogP contribution in [-0.2, 0) is 45.2 Å². The van der Waals surface area contributed by atoms with Crippen LogP contribution < -0.4 is 14.5 Å². The van der Waals surface area contributed by atoms with Gasteiger partial charge in [-0.15, -0.1) is 0 Å². The molecule has 1 aliphatic heterocycles. The fraction of sp³-hybridized carbons (Fsp3) is 0.359. The van der Waals surface area contributed by atoms with Crippen molar-refractivity contribution in [3.63, 3.8) is 0 Å². The molecule has 2 unspecified atom stereocenters. The third-order valence-corrected chi connectivity index (χ3v) is 10.1. The van der Waals surface area contributed by atoms with Gasteiger partial charge in [-0.25, -0.2) is 24.5 Å². The standard InChI is InChI=1S/C39H35F6N5O5/c1-3-54-35(52)50-29-10-11-31(53-2)48-33(29)37(23-36(50)13-14-36)18-30(37)49(21-26-15-27(38(40,41)42)17-28(16-26)39(43,44)45)34-46-19-25(20-47-34)9-12-32(51)55-22-24-7-5-4-6-8-24/h4-12,15-17,19-20,30H,3,13-14,18,21-23H2,1-2H3/b12-9+. The van der Waals surface area contributed by atoms with E-state index in [0.29, 0.717) is 54.8 Å². The maximum atomic E-state index is 13.9. The van der Waals surface area contributed by atoms with Gasteiger partial charge in [-0.2, -0.15) is 26.3 Å². The first kappa shape index (κ1) is 37.6. The number of hydrogen-bond donors (Lipinski definition) is 0. The number of amides is 1. The smallest absolute Gasteiger partial charge is 0.416 e. The molecular weight excluding hydrogens is 732 g/mol. The zero-order valence-corrected chi connectivity index (χ0v) is 29.7. The molecule has 2 spiro atoms. The lowest BCUT2D eigenvalue weighted by molar-refractivity contribution is -0.143. The van der Waals surface area contributed by atoms with Crippen LogP contribution in [0.25, 0.3) is 6.08 Å². The molecule has 2 aromatic heterocycles. The summed E-state index contributed by atoms with van der Waals surface area (Å²) >= 11 is 0. The quantitative estimate of drug-likeness (QED) is 0.0896. The van der Waals surface area contributed by atoms with Crippen LogP contribution in [0.4, 0.5) is 42.8 Å². The number of rotatable bonds is 10. The third kappa shape index (κ3) is 7.67. The van der Waals surface area contributed by atoms with Gasteiger partial charge in [0.25, 0.3) is 0 Å². The number of nitrogens with zero attached hydrogens (tertiary/aromatic N) is 5. The van der Waals surface area contributed by atoms with Gasteiger partial charge in [-0.1, -0.05) is 30.3 Å². The number of methoxy groups -OCH3 is 1. The van der Waals surface area contributed by atoms with Crippen molar-refractivity contribution >= 4 is 29.8 Å². The Balaban J connectivity index is 1.25. The minimum Gasteiger partial charge on any atom is -0.481 e. The molecule has 2 aromatic carbocycles. The summed E-state index contributed by atoms with van der Waals surface area (Å²) < 4.78 is 99.8. The van der Waals surface area contributed by atoms with Gasteiger partial charge in [0.2, 0.25) is 11.8 Å². The predicted molar refractivity (Wildman–Crippen MR) is 187 cm³/mol. The molecule has 0 saturated heterocycles. The van der Waals surface area contributed by atoms with Gasteiger partial charge >= 0.3 is 24.4 Å². The Labute approximate surface area is 311 Å². The number of pyridine rings is 1. The number of fused-ring (bicyclic) bond motifs is 2. The molecule has 1 amide bonds. The fourth-order valence-corrected chi connectivity index (χ4v) is 7.40. The molecule has 2 fully saturated rings. The predicted octanol–water partition coefficient (Wildman–Crippen LogP) is 8.29. The highest BCUT2D eigenvalue weighted by molar-refractivity contribution is 5.93. The van der Waals surface area contributed by atoms with E-state index < -0.39 is 59.1 Å². The number of esters is 1. The average molecular weight is 768 g/mol. The molecule has 2 atom stereocenters. The number of aromatic nitrogens is 3. The van der Waals surface area contributed by atoms with E-state index in [4.69, 9.17) is 19.2 Å². The SMILES string of the molecule is CCOC(=O)N1c2ccc(OC)nc2C2(CC2N(Cc2cc(C(F)(F)F)cc(C(F)(F)F)c2)c2ncc(/C=C/C(=O)OCc3ccccc3)cn2)CC12CC2. The molecule has 0 bridgehead atoms. The van der Waals surface area contributed by atoms with E-state index in [0.717, 1.165) is 5.56 Å². The van der Waals surface area contributed by atoms with Crippen LogP contribution in [0, 0.1) is 0 Å². The van der Waals surface area contributed by atoms with Crippen molar-refractivity contribution in [3.8, 4) is 5.88 Å².